The Bertz CT molecular complexity index is 670. The number of rotatable bonds is 6. The lowest BCUT2D eigenvalue weighted by Crippen LogP contribution is -2.05. The maximum Gasteiger partial charge on any atom is 0.143 e. The van der Waals surface area contributed by atoms with Gasteiger partial charge < -0.3 is 9.57 Å². The summed E-state index contributed by atoms with van der Waals surface area (Å²) < 4.78 is 5.57. The van der Waals surface area contributed by atoms with Gasteiger partial charge in [-0.2, -0.15) is 5.26 Å². The topological polar surface area (TPSA) is 54.6 Å². The summed E-state index contributed by atoms with van der Waals surface area (Å²) in [4.78, 5) is 5.25. The molecule has 0 aliphatic heterocycles. The summed E-state index contributed by atoms with van der Waals surface area (Å²) in [6.45, 7) is 4.25. The van der Waals surface area contributed by atoms with Crippen molar-refractivity contribution in [2.24, 2.45) is 5.16 Å². The number of hydrogen-bond donors (Lipinski definition) is 0. The molecule has 0 heterocycles. The average Bonchev–Trinajstić information content (AvgIpc) is 2.53. The smallest absolute Gasteiger partial charge is 0.143 e. The Kier molecular flexibility index (Phi) is 5.56. The quantitative estimate of drug-likeness (QED) is 0.600. The average molecular weight is 294 g/mol. The summed E-state index contributed by atoms with van der Waals surface area (Å²) in [5, 5.41) is 12.9. The number of nitriles is 1. The fourth-order valence-corrected chi connectivity index (χ4v) is 1.86. The monoisotopic (exact) mass is 294 g/mol. The molecule has 22 heavy (non-hydrogen) atoms. The largest absolute Gasteiger partial charge is 0.491 e. The maximum absolute atomic E-state index is 8.99. The van der Waals surface area contributed by atoms with Gasteiger partial charge in [-0.05, 0) is 49.7 Å². The molecule has 0 radical (unpaired) electrons. The van der Waals surface area contributed by atoms with Crippen LogP contribution in [-0.2, 0) is 11.4 Å². The molecule has 0 aromatic heterocycles. The first-order chi connectivity index (χ1) is 10.7. The Morgan fingerprint density at radius 2 is 1.86 bits per heavy atom. The summed E-state index contributed by atoms with van der Waals surface area (Å²) in [6, 6.07) is 17.1. The van der Waals surface area contributed by atoms with Crippen LogP contribution in [0.1, 0.15) is 30.5 Å². The van der Waals surface area contributed by atoms with Crippen molar-refractivity contribution in [3.8, 4) is 11.8 Å². The predicted molar refractivity (Wildman–Crippen MR) is 85.7 cm³/mol. The molecule has 0 atom stereocenters. The van der Waals surface area contributed by atoms with Crippen molar-refractivity contribution in [1.82, 2.24) is 0 Å². The Hall–Kier alpha value is -2.80. The van der Waals surface area contributed by atoms with Crippen LogP contribution in [-0.4, -0.2) is 12.3 Å². The molecule has 112 valence electrons. The minimum absolute atomic E-state index is 0.156. The molecule has 0 N–H and O–H groups in total. The number of nitrogens with zero attached hydrogens (tertiary/aromatic N) is 2. The molecule has 2 aromatic rings. The molecule has 0 aliphatic rings. The molecule has 0 unspecified atom stereocenters. The fourth-order valence-electron chi connectivity index (χ4n) is 1.86. The van der Waals surface area contributed by atoms with E-state index in [2.05, 4.69) is 11.2 Å². The summed E-state index contributed by atoms with van der Waals surface area (Å²) in [5.41, 5.74) is 2.35. The highest BCUT2D eigenvalue weighted by atomic mass is 16.6. The van der Waals surface area contributed by atoms with Gasteiger partial charge in [-0.25, -0.2) is 0 Å². The van der Waals surface area contributed by atoms with Crippen LogP contribution in [0.15, 0.2) is 53.7 Å². The molecule has 0 saturated carbocycles. The zero-order chi connectivity index (χ0) is 15.8. The highest BCUT2D eigenvalue weighted by molar-refractivity contribution is 5.79. The van der Waals surface area contributed by atoms with Gasteiger partial charge in [0.25, 0.3) is 0 Å². The zero-order valence-electron chi connectivity index (χ0n) is 12.7. The van der Waals surface area contributed by atoms with Crippen LogP contribution >= 0.6 is 0 Å². The Balaban J connectivity index is 1.89. The van der Waals surface area contributed by atoms with Gasteiger partial charge in [-0.15, -0.1) is 0 Å². The highest BCUT2D eigenvalue weighted by Crippen LogP contribution is 2.13. The Morgan fingerprint density at radius 1 is 1.14 bits per heavy atom. The molecule has 4 heteroatoms. The molecule has 4 nitrogen and oxygen atoms in total. The normalized spacial score (nSPS) is 10.6. The van der Waals surface area contributed by atoms with E-state index in [-0.39, 0.29) is 12.7 Å². The Labute approximate surface area is 130 Å². The summed E-state index contributed by atoms with van der Waals surface area (Å²) in [7, 11) is 0. The van der Waals surface area contributed by atoms with Gasteiger partial charge in [0.05, 0.1) is 24.0 Å². The molecular weight excluding hydrogens is 276 g/mol. The molecule has 2 rings (SSSR count). The lowest BCUT2D eigenvalue weighted by molar-refractivity contribution is 0.132. The van der Waals surface area contributed by atoms with Gasteiger partial charge in [-0.3, -0.25) is 0 Å². The van der Waals surface area contributed by atoms with Gasteiger partial charge in [0.2, 0.25) is 0 Å². The Morgan fingerprint density at radius 3 is 2.55 bits per heavy atom. The second kappa shape index (κ2) is 7.84. The van der Waals surface area contributed by atoms with E-state index in [0.29, 0.717) is 5.56 Å². The van der Waals surface area contributed by atoms with Gasteiger partial charge in [0.1, 0.15) is 12.4 Å². The molecule has 2 aromatic carbocycles. The van der Waals surface area contributed by atoms with Gasteiger partial charge in [0, 0.05) is 5.56 Å². The third-order valence-electron chi connectivity index (χ3n) is 2.89. The molecule has 0 amide bonds. The van der Waals surface area contributed by atoms with Crippen LogP contribution in [0.3, 0.4) is 0 Å². The van der Waals surface area contributed by atoms with Crippen LogP contribution in [0, 0.1) is 11.3 Å². The van der Waals surface area contributed by atoms with Gasteiger partial charge in [-0.1, -0.05) is 23.4 Å². The van der Waals surface area contributed by atoms with E-state index in [0.717, 1.165) is 16.9 Å². The second-order valence-electron chi connectivity index (χ2n) is 5.01. The van der Waals surface area contributed by atoms with Crippen molar-refractivity contribution >= 4 is 6.21 Å². The first-order valence-corrected chi connectivity index (χ1v) is 7.09. The minimum Gasteiger partial charge on any atom is -0.491 e. The first kappa shape index (κ1) is 15.6. The molecular formula is C18H18N2O2. The summed E-state index contributed by atoms with van der Waals surface area (Å²) in [5.74, 6) is 0.830. The summed E-state index contributed by atoms with van der Waals surface area (Å²) >= 11 is 0. The van der Waals surface area contributed by atoms with Crippen LogP contribution in [0.4, 0.5) is 0 Å². The fraction of sp³-hybridized carbons (Fsp3) is 0.222. The predicted octanol–water partition coefficient (Wildman–Crippen LogP) is 3.90. The molecule has 0 spiro atoms. The van der Waals surface area contributed by atoms with Crippen molar-refractivity contribution in [2.45, 2.75) is 26.6 Å². The SMILES string of the molecule is CC(C)Oc1ccc(/C=N\OCc2ccccc2C#N)cc1. The third-order valence-corrected chi connectivity index (χ3v) is 2.89. The first-order valence-electron chi connectivity index (χ1n) is 7.09. The van der Waals surface area contributed by atoms with Crippen molar-refractivity contribution < 1.29 is 9.57 Å². The van der Waals surface area contributed by atoms with Crippen molar-refractivity contribution in [3.05, 3.63) is 65.2 Å². The third kappa shape index (κ3) is 4.64. The molecule has 0 saturated heterocycles. The zero-order valence-corrected chi connectivity index (χ0v) is 12.7. The standard InChI is InChI=1S/C18H18N2O2/c1-14(2)22-18-9-7-15(8-10-18)12-20-21-13-17-6-4-3-5-16(17)11-19/h3-10,12,14H,13H2,1-2H3/b20-12-. The minimum atomic E-state index is 0.156. The van der Waals surface area contributed by atoms with E-state index in [4.69, 9.17) is 14.8 Å². The van der Waals surface area contributed by atoms with E-state index in [9.17, 15) is 0 Å². The van der Waals surface area contributed by atoms with Crippen molar-refractivity contribution in [2.75, 3.05) is 0 Å². The molecule has 0 aliphatic carbocycles. The van der Waals surface area contributed by atoms with Crippen LogP contribution < -0.4 is 4.74 Å². The van der Waals surface area contributed by atoms with Gasteiger partial charge in [0.15, 0.2) is 0 Å². The number of benzene rings is 2. The lowest BCUT2D eigenvalue weighted by Gasteiger charge is -2.09. The van der Waals surface area contributed by atoms with E-state index >= 15 is 0 Å². The highest BCUT2D eigenvalue weighted by Gasteiger charge is 2.00. The second-order valence-corrected chi connectivity index (χ2v) is 5.01. The number of ether oxygens (including phenoxy) is 1. The van der Waals surface area contributed by atoms with Crippen molar-refractivity contribution in [1.29, 1.82) is 5.26 Å². The van der Waals surface area contributed by atoms with Crippen LogP contribution in [0.2, 0.25) is 0 Å². The van der Waals surface area contributed by atoms with E-state index < -0.39 is 0 Å². The summed E-state index contributed by atoms with van der Waals surface area (Å²) in [6.07, 6.45) is 1.79. The molecule has 0 bridgehead atoms. The number of oxime groups is 1. The maximum atomic E-state index is 8.99. The molecule has 0 fully saturated rings. The van der Waals surface area contributed by atoms with E-state index in [1.54, 1.807) is 12.3 Å². The lowest BCUT2D eigenvalue weighted by atomic mass is 10.1. The van der Waals surface area contributed by atoms with Crippen LogP contribution in [0.5, 0.6) is 5.75 Å². The van der Waals surface area contributed by atoms with E-state index in [1.165, 1.54) is 0 Å². The van der Waals surface area contributed by atoms with Crippen molar-refractivity contribution in [3.63, 3.8) is 0 Å². The van der Waals surface area contributed by atoms with Gasteiger partial charge >= 0.3 is 0 Å². The number of hydrogen-bond acceptors (Lipinski definition) is 4. The van der Waals surface area contributed by atoms with E-state index in [1.807, 2.05) is 56.3 Å². The van der Waals surface area contributed by atoms with Crippen LogP contribution in [0.25, 0.3) is 0 Å².